The number of benzene rings is 1. The first-order valence-electron chi connectivity index (χ1n) is 5.62. The van der Waals surface area contributed by atoms with E-state index in [9.17, 15) is 18.0 Å². The molecule has 1 heterocycles. The van der Waals surface area contributed by atoms with Gasteiger partial charge in [-0.1, -0.05) is 0 Å². The lowest BCUT2D eigenvalue weighted by molar-refractivity contribution is 0.0902. The second-order valence-corrected chi connectivity index (χ2v) is 3.97. The molecule has 20 heavy (non-hydrogen) atoms. The van der Waals surface area contributed by atoms with E-state index in [2.05, 4.69) is 5.32 Å². The number of aliphatic hydroxyl groups excluding tert-OH is 1. The number of amides is 1. The van der Waals surface area contributed by atoms with Crippen molar-refractivity contribution in [1.29, 1.82) is 0 Å². The normalized spacial score (nSPS) is 12.2. The quantitative estimate of drug-likeness (QED) is 0.846. The molecule has 0 bridgehead atoms. The predicted octanol–water partition coefficient (Wildman–Crippen LogP) is 2.16. The lowest BCUT2D eigenvalue weighted by Gasteiger charge is -2.14. The van der Waals surface area contributed by atoms with Crippen molar-refractivity contribution in [2.75, 3.05) is 6.61 Å². The van der Waals surface area contributed by atoms with Crippen LogP contribution in [0.25, 0.3) is 0 Å². The number of carbonyl (C=O) groups is 1. The molecule has 0 aliphatic rings. The summed E-state index contributed by atoms with van der Waals surface area (Å²) in [6, 6.07) is 2.87. The van der Waals surface area contributed by atoms with Crippen molar-refractivity contribution in [3.63, 3.8) is 0 Å². The molecule has 1 aromatic heterocycles. The molecule has 2 N–H and O–H groups in total. The lowest BCUT2D eigenvalue weighted by Crippen LogP contribution is -2.31. The summed E-state index contributed by atoms with van der Waals surface area (Å²) < 4.78 is 44.2. The van der Waals surface area contributed by atoms with Gasteiger partial charge in [0.25, 0.3) is 5.91 Å². The van der Waals surface area contributed by atoms with Gasteiger partial charge in [0, 0.05) is 6.07 Å². The molecule has 1 unspecified atom stereocenters. The lowest BCUT2D eigenvalue weighted by atomic mass is 10.1. The Labute approximate surface area is 111 Å². The highest BCUT2D eigenvalue weighted by Gasteiger charge is 2.21. The number of carbonyl (C=O) groups excluding carboxylic acids is 1. The maximum Gasteiger partial charge on any atom is 0.255 e. The van der Waals surface area contributed by atoms with E-state index in [1.54, 1.807) is 6.07 Å². The van der Waals surface area contributed by atoms with Crippen LogP contribution >= 0.6 is 0 Å². The van der Waals surface area contributed by atoms with Crippen LogP contribution in [-0.2, 0) is 0 Å². The van der Waals surface area contributed by atoms with E-state index in [1.165, 1.54) is 12.3 Å². The summed E-state index contributed by atoms with van der Waals surface area (Å²) in [7, 11) is 0. The zero-order chi connectivity index (χ0) is 14.7. The summed E-state index contributed by atoms with van der Waals surface area (Å²) in [6.45, 7) is -0.495. The van der Waals surface area contributed by atoms with Gasteiger partial charge in [-0.25, -0.2) is 13.2 Å². The number of hydrogen-bond donors (Lipinski definition) is 2. The third-order valence-electron chi connectivity index (χ3n) is 2.63. The number of rotatable bonds is 4. The van der Waals surface area contributed by atoms with E-state index in [4.69, 9.17) is 9.52 Å². The molecule has 0 spiro atoms. The van der Waals surface area contributed by atoms with Gasteiger partial charge in [-0.05, 0) is 18.2 Å². The third-order valence-corrected chi connectivity index (χ3v) is 2.63. The SMILES string of the molecule is O=C(NC(CO)c1ccco1)c1cc(F)c(F)cc1F. The Morgan fingerprint density at radius 1 is 1.25 bits per heavy atom. The molecular weight excluding hydrogens is 275 g/mol. The minimum atomic E-state index is -1.39. The van der Waals surface area contributed by atoms with Crippen LogP contribution in [0, 0.1) is 17.5 Å². The molecule has 0 saturated heterocycles. The van der Waals surface area contributed by atoms with Gasteiger partial charge in [0.15, 0.2) is 11.6 Å². The number of aliphatic hydroxyl groups is 1. The molecule has 2 aromatic rings. The van der Waals surface area contributed by atoms with E-state index >= 15 is 0 Å². The summed E-state index contributed by atoms with van der Waals surface area (Å²) in [6.07, 6.45) is 1.34. The fraction of sp³-hybridized carbons (Fsp3) is 0.154. The third kappa shape index (κ3) is 2.83. The van der Waals surface area contributed by atoms with Gasteiger partial charge in [-0.3, -0.25) is 4.79 Å². The van der Waals surface area contributed by atoms with Crippen LogP contribution in [0.4, 0.5) is 13.2 Å². The maximum atomic E-state index is 13.4. The first-order valence-corrected chi connectivity index (χ1v) is 5.62. The standard InChI is InChI=1S/C13H10F3NO3/c14-8-5-10(16)9(15)4-7(8)13(19)17-11(6-18)12-2-1-3-20-12/h1-5,11,18H,6H2,(H,17,19). The van der Waals surface area contributed by atoms with Crippen LogP contribution in [-0.4, -0.2) is 17.6 Å². The zero-order valence-electron chi connectivity index (χ0n) is 10.1. The predicted molar refractivity (Wildman–Crippen MR) is 62.3 cm³/mol. The fourth-order valence-electron chi connectivity index (χ4n) is 1.63. The zero-order valence-corrected chi connectivity index (χ0v) is 10.1. The molecule has 1 atom stereocenters. The molecule has 7 heteroatoms. The van der Waals surface area contributed by atoms with Crippen molar-refractivity contribution >= 4 is 5.91 Å². The Bertz CT molecular complexity index is 614. The number of halogens is 3. The van der Waals surface area contributed by atoms with Crippen LogP contribution in [0.1, 0.15) is 22.2 Å². The van der Waals surface area contributed by atoms with Gasteiger partial charge >= 0.3 is 0 Å². The largest absolute Gasteiger partial charge is 0.467 e. The second kappa shape index (κ2) is 5.79. The number of nitrogens with one attached hydrogen (secondary N) is 1. The monoisotopic (exact) mass is 285 g/mol. The molecule has 0 fully saturated rings. The fourth-order valence-corrected chi connectivity index (χ4v) is 1.63. The van der Waals surface area contributed by atoms with Gasteiger partial charge in [0.2, 0.25) is 0 Å². The average Bonchev–Trinajstić information content (AvgIpc) is 2.93. The highest BCUT2D eigenvalue weighted by atomic mass is 19.2. The summed E-state index contributed by atoms with van der Waals surface area (Å²) in [5.41, 5.74) is -0.658. The van der Waals surface area contributed by atoms with Gasteiger partial charge in [-0.2, -0.15) is 0 Å². The molecule has 106 valence electrons. The smallest absolute Gasteiger partial charge is 0.255 e. The summed E-state index contributed by atoms with van der Waals surface area (Å²) in [5, 5.41) is 11.4. The molecule has 1 amide bonds. The van der Waals surface area contributed by atoms with E-state index in [0.717, 1.165) is 0 Å². The van der Waals surface area contributed by atoms with Crippen LogP contribution in [0.2, 0.25) is 0 Å². The first kappa shape index (κ1) is 14.1. The number of furan rings is 1. The van der Waals surface area contributed by atoms with Crippen LogP contribution in [0.3, 0.4) is 0 Å². The van der Waals surface area contributed by atoms with Crippen molar-refractivity contribution in [1.82, 2.24) is 5.32 Å². The van der Waals surface area contributed by atoms with E-state index in [1.807, 2.05) is 0 Å². The molecule has 0 radical (unpaired) electrons. The Balaban J connectivity index is 2.21. The minimum absolute atomic E-state index is 0.254. The Hall–Kier alpha value is -2.28. The van der Waals surface area contributed by atoms with Crippen molar-refractivity contribution in [3.05, 3.63) is 59.3 Å². The highest BCUT2D eigenvalue weighted by molar-refractivity contribution is 5.94. The minimum Gasteiger partial charge on any atom is -0.467 e. The molecule has 0 aliphatic carbocycles. The molecular formula is C13H10F3NO3. The molecule has 1 aromatic carbocycles. The topological polar surface area (TPSA) is 62.5 Å². The molecule has 2 rings (SSSR count). The Kier molecular flexibility index (Phi) is 4.09. The second-order valence-electron chi connectivity index (χ2n) is 3.97. The first-order chi connectivity index (χ1) is 9.52. The van der Waals surface area contributed by atoms with Crippen LogP contribution in [0.15, 0.2) is 34.9 Å². The molecule has 4 nitrogen and oxygen atoms in total. The maximum absolute atomic E-state index is 13.4. The van der Waals surface area contributed by atoms with Crippen molar-refractivity contribution in [3.8, 4) is 0 Å². The van der Waals surface area contributed by atoms with E-state index < -0.39 is 41.6 Å². The van der Waals surface area contributed by atoms with E-state index in [-0.39, 0.29) is 11.8 Å². The van der Waals surface area contributed by atoms with Crippen molar-refractivity contribution in [2.45, 2.75) is 6.04 Å². The van der Waals surface area contributed by atoms with Gasteiger partial charge in [0.05, 0.1) is 18.4 Å². The Morgan fingerprint density at radius 2 is 1.95 bits per heavy atom. The highest BCUT2D eigenvalue weighted by Crippen LogP contribution is 2.17. The number of hydrogen-bond acceptors (Lipinski definition) is 3. The summed E-state index contributed by atoms with van der Waals surface area (Å²) >= 11 is 0. The summed E-state index contributed by atoms with van der Waals surface area (Å²) in [4.78, 5) is 11.8. The van der Waals surface area contributed by atoms with Gasteiger partial charge < -0.3 is 14.8 Å². The average molecular weight is 285 g/mol. The van der Waals surface area contributed by atoms with Gasteiger partial charge in [-0.15, -0.1) is 0 Å². The van der Waals surface area contributed by atoms with Crippen LogP contribution < -0.4 is 5.32 Å². The van der Waals surface area contributed by atoms with Crippen LogP contribution in [0.5, 0.6) is 0 Å². The van der Waals surface area contributed by atoms with Gasteiger partial charge in [0.1, 0.15) is 17.6 Å². The van der Waals surface area contributed by atoms with Crippen molar-refractivity contribution < 1.29 is 27.5 Å². The van der Waals surface area contributed by atoms with E-state index in [0.29, 0.717) is 6.07 Å². The van der Waals surface area contributed by atoms with Crippen molar-refractivity contribution in [2.24, 2.45) is 0 Å². The Morgan fingerprint density at radius 3 is 2.55 bits per heavy atom. The molecule has 0 saturated carbocycles. The molecule has 0 aliphatic heterocycles. The summed E-state index contributed by atoms with van der Waals surface area (Å²) in [5.74, 6) is -4.66.